The summed E-state index contributed by atoms with van der Waals surface area (Å²) in [6.45, 7) is 7.10. The fraction of sp³-hybridized carbons (Fsp3) is 0.357. The molecule has 1 aromatic carbocycles. The summed E-state index contributed by atoms with van der Waals surface area (Å²) in [5, 5.41) is 9.55. The largest absolute Gasteiger partial charge is 0.494 e. The molecule has 2 aliphatic rings. The molecule has 37 heavy (non-hydrogen) atoms. The molecular formula is C28H32FN7O. The van der Waals surface area contributed by atoms with Crippen LogP contribution >= 0.6 is 0 Å². The van der Waals surface area contributed by atoms with Crippen LogP contribution in [0.15, 0.2) is 48.6 Å². The number of benzene rings is 1. The Morgan fingerprint density at radius 2 is 2.11 bits per heavy atom. The first kappa shape index (κ1) is 23.4. The predicted octanol–water partition coefficient (Wildman–Crippen LogP) is 4.70. The second kappa shape index (κ2) is 9.79. The number of hydrazine groups is 2. The standard InChI is InChI=1S/C28H32FN7O/c1-6-17-13-31-27-21(25(17)32-16-28(2,3)4)11-19(12-23(27)37-5)33-26(18-7-10-24(29)30-14-18)22-15-36(35-34-22)20-8-9-20/h1,7,10-15,20,26,33-35H,8-9,16H2,2-5H3,(H,31,32)/t26-/m1/s1/i26D. The number of hydrogen-bond donors (Lipinski definition) is 4. The Morgan fingerprint density at radius 1 is 1.30 bits per heavy atom. The van der Waals surface area contributed by atoms with Gasteiger partial charge in [0.05, 0.1) is 31.4 Å². The van der Waals surface area contributed by atoms with Crippen molar-refractivity contribution < 1.29 is 10.5 Å². The van der Waals surface area contributed by atoms with E-state index < -0.39 is 12.0 Å². The van der Waals surface area contributed by atoms with Gasteiger partial charge < -0.3 is 20.8 Å². The average Bonchev–Trinajstić information content (AvgIpc) is 3.62. The molecule has 0 unspecified atom stereocenters. The number of terminal acetylenes is 1. The van der Waals surface area contributed by atoms with Gasteiger partial charge in [0.2, 0.25) is 5.95 Å². The summed E-state index contributed by atoms with van der Waals surface area (Å²) in [5.41, 5.74) is 9.88. The fourth-order valence-corrected chi connectivity index (χ4v) is 4.12. The smallest absolute Gasteiger partial charge is 0.212 e. The number of aromatic nitrogens is 2. The number of ether oxygens (including phenoxy) is 1. The van der Waals surface area contributed by atoms with Gasteiger partial charge in [0, 0.05) is 48.3 Å². The highest BCUT2D eigenvalue weighted by Gasteiger charge is 2.32. The molecular weight excluding hydrogens is 469 g/mol. The lowest BCUT2D eigenvalue weighted by Crippen LogP contribution is -2.38. The summed E-state index contributed by atoms with van der Waals surface area (Å²) in [6.07, 6.45) is 12.9. The SMILES string of the molecule is [2H][C@](Nc1cc(OC)c2ncc(C#C)c(NCC(C)(C)C)c2c1)(C1=CN(C2CC2)NN1)c1ccc(F)nc1. The maximum absolute atomic E-state index is 13.7. The van der Waals surface area contributed by atoms with Crippen LogP contribution in [0.25, 0.3) is 10.9 Å². The lowest BCUT2D eigenvalue weighted by atomic mass is 9.96. The van der Waals surface area contributed by atoms with E-state index in [1.807, 2.05) is 17.3 Å². The average molecular weight is 503 g/mol. The zero-order valence-corrected chi connectivity index (χ0v) is 21.4. The van der Waals surface area contributed by atoms with Crippen LogP contribution in [0.2, 0.25) is 0 Å². The van der Waals surface area contributed by atoms with Crippen LogP contribution in [0.5, 0.6) is 5.75 Å². The van der Waals surface area contributed by atoms with Gasteiger partial charge in [0.1, 0.15) is 11.3 Å². The third-order valence-corrected chi connectivity index (χ3v) is 6.19. The summed E-state index contributed by atoms with van der Waals surface area (Å²) < 4.78 is 29.0. The second-order valence-corrected chi connectivity index (χ2v) is 10.5. The molecule has 1 atom stereocenters. The summed E-state index contributed by atoms with van der Waals surface area (Å²) >= 11 is 0. The van der Waals surface area contributed by atoms with Gasteiger partial charge in [-0.2, -0.15) is 4.39 Å². The Labute approximate surface area is 218 Å². The Balaban J connectivity index is 1.62. The molecule has 8 nitrogen and oxygen atoms in total. The van der Waals surface area contributed by atoms with E-state index in [1.54, 1.807) is 25.4 Å². The first-order valence-electron chi connectivity index (χ1n) is 12.7. The van der Waals surface area contributed by atoms with Crippen LogP contribution in [0, 0.1) is 23.7 Å². The zero-order valence-electron chi connectivity index (χ0n) is 22.4. The highest BCUT2D eigenvalue weighted by atomic mass is 19.1. The van der Waals surface area contributed by atoms with Gasteiger partial charge in [0.15, 0.2) is 0 Å². The second-order valence-electron chi connectivity index (χ2n) is 10.5. The number of rotatable bonds is 8. The van der Waals surface area contributed by atoms with E-state index in [0.29, 0.717) is 46.4 Å². The molecule has 2 aromatic heterocycles. The van der Waals surface area contributed by atoms with E-state index in [9.17, 15) is 5.76 Å². The quantitative estimate of drug-likeness (QED) is 0.261. The van der Waals surface area contributed by atoms with Gasteiger partial charge >= 0.3 is 0 Å². The number of nitrogens with zero attached hydrogens (tertiary/aromatic N) is 3. The summed E-state index contributed by atoms with van der Waals surface area (Å²) in [6, 6.07) is 5.34. The minimum atomic E-state index is -1.54. The summed E-state index contributed by atoms with van der Waals surface area (Å²) in [5.74, 6) is 2.64. The lowest BCUT2D eigenvalue weighted by Gasteiger charge is -2.24. The van der Waals surface area contributed by atoms with Crippen LogP contribution < -0.4 is 26.3 Å². The molecule has 0 radical (unpaired) electrons. The molecule has 192 valence electrons. The van der Waals surface area contributed by atoms with Gasteiger partial charge in [-0.15, -0.1) is 12.0 Å². The van der Waals surface area contributed by atoms with Crippen LogP contribution in [0.3, 0.4) is 0 Å². The van der Waals surface area contributed by atoms with Crippen molar-refractivity contribution in [3.05, 3.63) is 65.6 Å². The van der Waals surface area contributed by atoms with Crippen LogP contribution in [0.4, 0.5) is 15.8 Å². The van der Waals surface area contributed by atoms with Crippen molar-refractivity contribution in [2.24, 2.45) is 5.41 Å². The highest BCUT2D eigenvalue weighted by molar-refractivity contribution is 5.99. The van der Waals surface area contributed by atoms with Gasteiger partial charge in [-0.1, -0.05) is 32.8 Å². The highest BCUT2D eigenvalue weighted by Crippen LogP contribution is 2.38. The van der Waals surface area contributed by atoms with Gasteiger partial charge in [0.25, 0.3) is 0 Å². The fourth-order valence-electron chi connectivity index (χ4n) is 4.12. The van der Waals surface area contributed by atoms with E-state index in [-0.39, 0.29) is 5.41 Å². The Morgan fingerprint density at radius 3 is 2.76 bits per heavy atom. The molecule has 4 N–H and O–H groups in total. The summed E-state index contributed by atoms with van der Waals surface area (Å²) in [7, 11) is 1.58. The van der Waals surface area contributed by atoms with Gasteiger partial charge in [-0.25, -0.2) is 4.98 Å². The summed E-state index contributed by atoms with van der Waals surface area (Å²) in [4.78, 5) is 8.38. The van der Waals surface area contributed by atoms with E-state index in [0.717, 1.165) is 23.9 Å². The third kappa shape index (κ3) is 5.39. The first-order valence-corrected chi connectivity index (χ1v) is 12.2. The predicted molar refractivity (Wildman–Crippen MR) is 144 cm³/mol. The molecule has 0 spiro atoms. The number of nitrogens with one attached hydrogen (secondary N) is 4. The number of pyridine rings is 2. The third-order valence-electron chi connectivity index (χ3n) is 6.19. The van der Waals surface area contributed by atoms with Crippen molar-refractivity contribution >= 4 is 22.3 Å². The molecule has 5 rings (SSSR count). The Bertz CT molecular complexity index is 1430. The number of fused-ring (bicyclic) bond motifs is 1. The van der Waals surface area contributed by atoms with Crippen molar-refractivity contribution in [3.63, 3.8) is 0 Å². The van der Waals surface area contributed by atoms with Crippen molar-refractivity contribution in [2.75, 3.05) is 24.3 Å². The van der Waals surface area contributed by atoms with E-state index >= 15 is 0 Å². The molecule has 0 bridgehead atoms. The first-order chi connectivity index (χ1) is 18.1. The molecule has 1 saturated carbocycles. The minimum Gasteiger partial charge on any atom is -0.494 e. The maximum atomic E-state index is 13.7. The Hall–Kier alpha value is -4.03. The normalized spacial score (nSPS) is 17.4. The van der Waals surface area contributed by atoms with Crippen molar-refractivity contribution in [1.82, 2.24) is 25.9 Å². The number of hydrogen-bond acceptors (Lipinski definition) is 8. The van der Waals surface area contributed by atoms with Crippen molar-refractivity contribution in [1.29, 1.82) is 0 Å². The lowest BCUT2D eigenvalue weighted by molar-refractivity contribution is 0.260. The van der Waals surface area contributed by atoms with Crippen LogP contribution in [-0.4, -0.2) is 34.7 Å². The number of methoxy groups -OCH3 is 1. The molecule has 0 saturated heterocycles. The molecule has 1 aliphatic carbocycles. The van der Waals surface area contributed by atoms with Gasteiger partial charge in [-0.3, -0.25) is 9.99 Å². The molecule has 0 amide bonds. The van der Waals surface area contributed by atoms with E-state index in [2.05, 4.69) is 58.3 Å². The molecule has 3 heterocycles. The maximum Gasteiger partial charge on any atom is 0.212 e. The minimum absolute atomic E-state index is 0.00831. The van der Waals surface area contributed by atoms with E-state index in [4.69, 9.17) is 11.2 Å². The number of anilines is 2. The number of halogens is 1. The van der Waals surface area contributed by atoms with Gasteiger partial charge in [-0.05, 0) is 36.0 Å². The topological polar surface area (TPSA) is 86.4 Å². The van der Waals surface area contributed by atoms with Crippen molar-refractivity contribution in [3.8, 4) is 18.1 Å². The molecule has 1 fully saturated rings. The zero-order chi connectivity index (χ0) is 27.1. The van der Waals surface area contributed by atoms with Crippen LogP contribution in [0.1, 0.15) is 52.1 Å². The monoisotopic (exact) mass is 502 g/mol. The van der Waals surface area contributed by atoms with Crippen molar-refractivity contribution in [2.45, 2.75) is 45.7 Å². The molecule has 1 aliphatic heterocycles. The van der Waals surface area contributed by atoms with E-state index in [1.165, 1.54) is 12.3 Å². The van der Waals surface area contributed by atoms with Crippen LogP contribution in [-0.2, 0) is 0 Å². The molecule has 9 heteroatoms. The Kier molecular flexibility index (Phi) is 6.18. The molecule has 3 aromatic rings.